The molecule has 1 aliphatic rings. The molecular weight excluding hydrogens is 475 g/mol. The van der Waals surface area contributed by atoms with Crippen LogP contribution in [0.4, 0.5) is 0 Å². The molecule has 0 amide bonds. The lowest BCUT2D eigenvalue weighted by Crippen LogP contribution is -2.46. The van der Waals surface area contributed by atoms with Crippen molar-refractivity contribution in [3.63, 3.8) is 0 Å². The largest absolute Gasteiger partial charge is 0.357 e. The molecule has 1 fully saturated rings. The van der Waals surface area contributed by atoms with E-state index in [-0.39, 0.29) is 24.0 Å². The number of aromatic nitrogens is 2. The smallest absolute Gasteiger partial charge is 0.191 e. The van der Waals surface area contributed by atoms with Crippen molar-refractivity contribution >= 4 is 29.9 Å². The Bertz CT molecular complexity index is 800. The maximum absolute atomic E-state index is 4.88. The van der Waals surface area contributed by atoms with E-state index in [0.29, 0.717) is 24.5 Å². The lowest BCUT2D eigenvalue weighted by molar-refractivity contribution is 0.265. The number of nitrogens with one attached hydrogen (secondary N) is 2. The molecular formula is C22H35IN6. The molecule has 29 heavy (non-hydrogen) atoms. The number of aliphatic imine (C=N–C) groups is 1. The van der Waals surface area contributed by atoms with Crippen molar-refractivity contribution in [1.29, 1.82) is 0 Å². The number of guanidine groups is 1. The topological polar surface area (TPSA) is 57.5 Å². The number of hydrogen-bond donors (Lipinski definition) is 2. The van der Waals surface area contributed by atoms with Gasteiger partial charge < -0.3 is 10.6 Å². The molecule has 0 radical (unpaired) electrons. The minimum absolute atomic E-state index is 0. The number of hydrogen-bond acceptors (Lipinski definition) is 3. The maximum atomic E-state index is 4.88. The summed E-state index contributed by atoms with van der Waals surface area (Å²) in [5.74, 6) is 1.49. The molecule has 1 aliphatic heterocycles. The van der Waals surface area contributed by atoms with Crippen LogP contribution in [0, 0.1) is 12.8 Å². The molecule has 160 valence electrons. The van der Waals surface area contributed by atoms with Gasteiger partial charge in [-0.15, -0.1) is 24.0 Å². The van der Waals surface area contributed by atoms with E-state index in [1.165, 1.54) is 0 Å². The summed E-state index contributed by atoms with van der Waals surface area (Å²) >= 11 is 0. The van der Waals surface area contributed by atoms with Crippen LogP contribution in [0.3, 0.4) is 0 Å². The number of para-hydroxylation sites is 1. The zero-order valence-electron chi connectivity index (χ0n) is 18.2. The lowest BCUT2D eigenvalue weighted by atomic mass is 10.1. The summed E-state index contributed by atoms with van der Waals surface area (Å²) < 4.78 is 1.93. The predicted molar refractivity (Wildman–Crippen MR) is 131 cm³/mol. The van der Waals surface area contributed by atoms with Gasteiger partial charge in [0.05, 0.1) is 17.9 Å². The molecule has 1 saturated heterocycles. The summed E-state index contributed by atoms with van der Waals surface area (Å²) in [5, 5.41) is 11.6. The third-order valence-corrected chi connectivity index (χ3v) is 5.41. The molecule has 2 heterocycles. The van der Waals surface area contributed by atoms with Crippen molar-refractivity contribution in [2.45, 2.75) is 53.2 Å². The highest BCUT2D eigenvalue weighted by atomic mass is 127. The average molecular weight is 510 g/mol. The summed E-state index contributed by atoms with van der Waals surface area (Å²) in [6.07, 6.45) is 2.00. The molecule has 1 aromatic heterocycles. The van der Waals surface area contributed by atoms with E-state index in [9.17, 15) is 0 Å². The lowest BCUT2D eigenvalue weighted by Gasteiger charge is -2.22. The summed E-state index contributed by atoms with van der Waals surface area (Å²) in [6.45, 7) is 14.6. The highest BCUT2D eigenvalue weighted by Gasteiger charge is 2.31. The van der Waals surface area contributed by atoms with E-state index >= 15 is 0 Å². The van der Waals surface area contributed by atoms with Crippen LogP contribution in [0.25, 0.3) is 5.69 Å². The number of likely N-dealkylation sites (tertiary alicyclic amines) is 1. The van der Waals surface area contributed by atoms with Crippen LogP contribution in [-0.2, 0) is 6.54 Å². The third-order valence-electron chi connectivity index (χ3n) is 5.41. The zero-order valence-corrected chi connectivity index (χ0v) is 20.6. The van der Waals surface area contributed by atoms with Crippen molar-refractivity contribution < 1.29 is 0 Å². The average Bonchev–Trinajstić information content (AvgIpc) is 3.26. The Hall–Kier alpha value is -1.61. The minimum atomic E-state index is 0. The standard InChI is InChI=1S/C22H34N6.HI/c1-6-23-22(25-20-15-27(16(2)3)14-17(20)4)24-13-19-9-7-8-10-21(19)28-12-11-18(5)26-28;/h7-12,16-17,20H,6,13-15H2,1-5H3,(H2,23,24,25);1H. The van der Waals surface area contributed by atoms with Crippen LogP contribution in [0.1, 0.15) is 39.0 Å². The van der Waals surface area contributed by atoms with Gasteiger partial charge in [-0.05, 0) is 51.3 Å². The second-order valence-electron chi connectivity index (χ2n) is 8.00. The quantitative estimate of drug-likeness (QED) is 0.355. The van der Waals surface area contributed by atoms with E-state index in [1.54, 1.807) is 0 Å². The van der Waals surface area contributed by atoms with Crippen LogP contribution in [-0.4, -0.2) is 52.4 Å². The van der Waals surface area contributed by atoms with Gasteiger partial charge in [0.25, 0.3) is 0 Å². The Morgan fingerprint density at radius 2 is 2.00 bits per heavy atom. The van der Waals surface area contributed by atoms with Gasteiger partial charge in [-0.25, -0.2) is 9.67 Å². The zero-order chi connectivity index (χ0) is 20.1. The molecule has 7 heteroatoms. The number of nitrogens with zero attached hydrogens (tertiary/aromatic N) is 4. The number of benzene rings is 1. The van der Waals surface area contributed by atoms with E-state index in [2.05, 4.69) is 66.5 Å². The van der Waals surface area contributed by atoms with Crippen LogP contribution in [0.2, 0.25) is 0 Å². The first kappa shape index (κ1) is 23.7. The van der Waals surface area contributed by atoms with Crippen molar-refractivity contribution in [3.05, 3.63) is 47.8 Å². The Morgan fingerprint density at radius 1 is 1.24 bits per heavy atom. The van der Waals surface area contributed by atoms with Crippen molar-refractivity contribution in [1.82, 2.24) is 25.3 Å². The van der Waals surface area contributed by atoms with Gasteiger partial charge >= 0.3 is 0 Å². The molecule has 0 spiro atoms. The molecule has 6 nitrogen and oxygen atoms in total. The number of halogens is 1. The second kappa shape index (κ2) is 11.0. The van der Waals surface area contributed by atoms with Gasteiger partial charge in [0.15, 0.2) is 5.96 Å². The van der Waals surface area contributed by atoms with Gasteiger partial charge in [-0.1, -0.05) is 25.1 Å². The highest BCUT2D eigenvalue weighted by molar-refractivity contribution is 14.0. The van der Waals surface area contributed by atoms with E-state index < -0.39 is 0 Å². The van der Waals surface area contributed by atoms with Gasteiger partial charge in [0, 0.05) is 37.9 Å². The van der Waals surface area contributed by atoms with Crippen LogP contribution in [0.15, 0.2) is 41.5 Å². The monoisotopic (exact) mass is 510 g/mol. The molecule has 2 unspecified atom stereocenters. The van der Waals surface area contributed by atoms with E-state index in [0.717, 1.165) is 42.5 Å². The first-order valence-corrected chi connectivity index (χ1v) is 10.4. The first-order valence-electron chi connectivity index (χ1n) is 10.4. The van der Waals surface area contributed by atoms with Gasteiger partial charge in [0.2, 0.25) is 0 Å². The fourth-order valence-corrected chi connectivity index (χ4v) is 3.69. The molecule has 2 atom stereocenters. The SMILES string of the molecule is CCNC(=NCc1ccccc1-n1ccc(C)n1)NC1CN(C(C)C)CC1C.I. The summed E-state index contributed by atoms with van der Waals surface area (Å²) in [7, 11) is 0. The Morgan fingerprint density at radius 3 is 2.62 bits per heavy atom. The second-order valence-corrected chi connectivity index (χ2v) is 8.00. The predicted octanol–water partition coefficient (Wildman–Crippen LogP) is 3.58. The van der Waals surface area contributed by atoms with E-state index in [1.807, 2.05) is 29.9 Å². The van der Waals surface area contributed by atoms with Crippen LogP contribution < -0.4 is 10.6 Å². The van der Waals surface area contributed by atoms with Gasteiger partial charge in [0.1, 0.15) is 0 Å². The third kappa shape index (κ3) is 6.18. The Kier molecular flexibility index (Phi) is 8.95. The molecule has 2 aromatic rings. The van der Waals surface area contributed by atoms with Crippen molar-refractivity contribution in [3.8, 4) is 5.69 Å². The summed E-state index contributed by atoms with van der Waals surface area (Å²) in [6, 6.07) is 11.3. The van der Waals surface area contributed by atoms with Crippen molar-refractivity contribution in [2.24, 2.45) is 10.9 Å². The minimum Gasteiger partial charge on any atom is -0.357 e. The van der Waals surface area contributed by atoms with Crippen LogP contribution >= 0.6 is 24.0 Å². The van der Waals surface area contributed by atoms with Gasteiger partial charge in [-0.3, -0.25) is 4.90 Å². The fourth-order valence-electron chi connectivity index (χ4n) is 3.69. The summed E-state index contributed by atoms with van der Waals surface area (Å²) in [5.41, 5.74) is 3.25. The van der Waals surface area contributed by atoms with E-state index in [4.69, 9.17) is 4.99 Å². The highest BCUT2D eigenvalue weighted by Crippen LogP contribution is 2.19. The number of aryl methyl sites for hydroxylation is 1. The summed E-state index contributed by atoms with van der Waals surface area (Å²) in [4.78, 5) is 7.41. The Balaban J connectivity index is 0.00000300. The maximum Gasteiger partial charge on any atom is 0.191 e. The fraction of sp³-hybridized carbons (Fsp3) is 0.545. The molecule has 2 N–H and O–H groups in total. The van der Waals surface area contributed by atoms with Crippen molar-refractivity contribution in [2.75, 3.05) is 19.6 Å². The first-order chi connectivity index (χ1) is 13.5. The normalized spacial score (nSPS) is 20.0. The molecule has 0 aliphatic carbocycles. The molecule has 1 aromatic carbocycles. The van der Waals surface area contributed by atoms with Crippen LogP contribution in [0.5, 0.6) is 0 Å². The molecule has 3 rings (SSSR count). The number of rotatable bonds is 6. The molecule has 0 bridgehead atoms. The van der Waals surface area contributed by atoms with Gasteiger partial charge in [-0.2, -0.15) is 5.10 Å². The molecule has 0 saturated carbocycles. The Labute approximate surface area is 192 Å².